The average molecular weight is 422 g/mol. The Hall–Kier alpha value is 0.0900. The summed E-state index contributed by atoms with van der Waals surface area (Å²) in [6, 6.07) is 11.1. The highest BCUT2D eigenvalue weighted by Crippen LogP contribution is 2.23. The zero-order chi connectivity index (χ0) is 12.3. The molecule has 0 aliphatic heterocycles. The molecule has 0 amide bonds. The van der Waals surface area contributed by atoms with Gasteiger partial charge in [-0.05, 0) is 74.6 Å². The summed E-state index contributed by atoms with van der Waals surface area (Å²) in [4.78, 5) is 1.35. The van der Waals surface area contributed by atoms with Gasteiger partial charge in [-0.3, -0.25) is 0 Å². The second kappa shape index (κ2) is 6.31. The number of hydrogen-bond donors (Lipinski definition) is 1. The number of rotatable bonds is 4. The first-order valence-corrected chi connectivity index (χ1v) is 8.12. The maximum Gasteiger partial charge on any atom is 0.0327 e. The monoisotopic (exact) mass is 421 g/mol. The van der Waals surface area contributed by atoms with Gasteiger partial charge < -0.3 is 5.32 Å². The summed E-state index contributed by atoms with van der Waals surface area (Å²) in [5.74, 6) is 0. The smallest absolute Gasteiger partial charge is 0.0327 e. The first-order chi connectivity index (χ1) is 8.16. The van der Waals surface area contributed by atoms with Gasteiger partial charge in [-0.15, -0.1) is 11.3 Å². The standard InChI is InChI=1S/C13H13BrINS/c1-9(10-2-4-11(15)5-3-10)16-8-13-12(14)6-7-17-13/h2-7,9,16H,8H2,1H3. The Bertz CT molecular complexity index is 480. The van der Waals surface area contributed by atoms with Gasteiger partial charge in [-0.25, -0.2) is 0 Å². The van der Waals surface area contributed by atoms with Gasteiger partial charge in [0.15, 0.2) is 0 Å². The van der Waals surface area contributed by atoms with Crippen LogP contribution >= 0.6 is 49.9 Å². The fourth-order valence-corrected chi connectivity index (χ4v) is 3.37. The molecule has 4 heteroatoms. The van der Waals surface area contributed by atoms with Crippen LogP contribution in [0.3, 0.4) is 0 Å². The van der Waals surface area contributed by atoms with E-state index in [-0.39, 0.29) is 0 Å². The summed E-state index contributed by atoms with van der Waals surface area (Å²) in [6.45, 7) is 3.11. The molecular weight excluding hydrogens is 409 g/mol. The van der Waals surface area contributed by atoms with Gasteiger partial charge in [0, 0.05) is 25.5 Å². The minimum atomic E-state index is 0.376. The van der Waals surface area contributed by atoms with Crippen LogP contribution in [0.5, 0.6) is 0 Å². The minimum Gasteiger partial charge on any atom is -0.305 e. The van der Waals surface area contributed by atoms with Crippen LogP contribution in [0.4, 0.5) is 0 Å². The molecule has 1 nitrogen and oxygen atoms in total. The first kappa shape index (κ1) is 13.5. The van der Waals surface area contributed by atoms with Crippen molar-refractivity contribution in [3.8, 4) is 0 Å². The topological polar surface area (TPSA) is 12.0 Å². The van der Waals surface area contributed by atoms with Gasteiger partial charge in [0.1, 0.15) is 0 Å². The molecule has 0 saturated carbocycles. The van der Waals surface area contributed by atoms with E-state index in [2.05, 4.69) is 86.5 Å². The summed E-state index contributed by atoms with van der Waals surface area (Å²) in [5, 5.41) is 5.65. The molecule has 1 atom stereocenters. The van der Waals surface area contributed by atoms with Gasteiger partial charge in [0.05, 0.1) is 0 Å². The summed E-state index contributed by atoms with van der Waals surface area (Å²) in [7, 11) is 0. The second-order valence-corrected chi connectivity index (χ2v) is 6.95. The third kappa shape index (κ3) is 3.77. The summed E-state index contributed by atoms with van der Waals surface area (Å²) < 4.78 is 2.48. The molecule has 0 aliphatic carbocycles. The normalized spacial score (nSPS) is 12.6. The molecule has 90 valence electrons. The van der Waals surface area contributed by atoms with Crippen molar-refractivity contribution >= 4 is 49.9 Å². The van der Waals surface area contributed by atoms with E-state index in [1.54, 1.807) is 11.3 Å². The Balaban J connectivity index is 1.95. The van der Waals surface area contributed by atoms with Crippen molar-refractivity contribution in [1.82, 2.24) is 5.32 Å². The molecule has 0 fully saturated rings. The molecule has 2 rings (SSSR count). The zero-order valence-corrected chi connectivity index (χ0v) is 14.0. The quantitative estimate of drug-likeness (QED) is 0.687. The van der Waals surface area contributed by atoms with Crippen molar-refractivity contribution in [2.75, 3.05) is 0 Å². The Morgan fingerprint density at radius 1 is 1.29 bits per heavy atom. The number of thiophene rings is 1. The van der Waals surface area contributed by atoms with Crippen LogP contribution in [0, 0.1) is 3.57 Å². The Morgan fingerprint density at radius 2 is 2.00 bits per heavy atom. The molecule has 1 aromatic carbocycles. The zero-order valence-electron chi connectivity index (χ0n) is 9.41. The van der Waals surface area contributed by atoms with E-state index in [1.807, 2.05) is 0 Å². The van der Waals surface area contributed by atoms with Crippen molar-refractivity contribution in [1.29, 1.82) is 0 Å². The minimum absolute atomic E-state index is 0.376. The number of nitrogens with one attached hydrogen (secondary N) is 1. The van der Waals surface area contributed by atoms with Crippen LogP contribution in [-0.4, -0.2) is 0 Å². The summed E-state index contributed by atoms with van der Waals surface area (Å²) in [6.07, 6.45) is 0. The Kier molecular flexibility index (Phi) is 5.02. The molecule has 1 heterocycles. The lowest BCUT2D eigenvalue weighted by atomic mass is 10.1. The number of halogens is 2. The molecule has 0 saturated heterocycles. The maximum atomic E-state index is 3.55. The van der Waals surface area contributed by atoms with Gasteiger partial charge >= 0.3 is 0 Å². The van der Waals surface area contributed by atoms with Crippen LogP contribution in [0.1, 0.15) is 23.4 Å². The van der Waals surface area contributed by atoms with Gasteiger partial charge in [0.25, 0.3) is 0 Å². The fraction of sp³-hybridized carbons (Fsp3) is 0.231. The van der Waals surface area contributed by atoms with Crippen molar-refractivity contribution in [3.05, 3.63) is 54.2 Å². The van der Waals surface area contributed by atoms with Gasteiger partial charge in [-0.1, -0.05) is 12.1 Å². The Morgan fingerprint density at radius 3 is 2.59 bits per heavy atom. The fourth-order valence-electron chi connectivity index (χ4n) is 1.57. The number of benzene rings is 1. The van der Waals surface area contributed by atoms with E-state index in [0.29, 0.717) is 6.04 Å². The largest absolute Gasteiger partial charge is 0.305 e. The van der Waals surface area contributed by atoms with Crippen LogP contribution in [0.2, 0.25) is 0 Å². The number of hydrogen-bond acceptors (Lipinski definition) is 2. The highest BCUT2D eigenvalue weighted by atomic mass is 127. The van der Waals surface area contributed by atoms with Crippen LogP contribution in [-0.2, 0) is 6.54 Å². The molecule has 0 aliphatic rings. The van der Waals surface area contributed by atoms with Crippen LogP contribution < -0.4 is 5.32 Å². The third-order valence-electron chi connectivity index (χ3n) is 2.63. The highest BCUT2D eigenvalue weighted by Gasteiger charge is 2.06. The molecular formula is C13H13BrINS. The lowest BCUT2D eigenvalue weighted by Crippen LogP contribution is -2.17. The van der Waals surface area contributed by atoms with Crippen molar-refractivity contribution in [2.45, 2.75) is 19.5 Å². The third-order valence-corrected chi connectivity index (χ3v) is 5.28. The van der Waals surface area contributed by atoms with Crippen molar-refractivity contribution in [2.24, 2.45) is 0 Å². The van der Waals surface area contributed by atoms with Gasteiger partial charge in [0.2, 0.25) is 0 Å². The molecule has 0 radical (unpaired) electrons. The lowest BCUT2D eigenvalue weighted by Gasteiger charge is -2.13. The SMILES string of the molecule is CC(NCc1sccc1Br)c1ccc(I)cc1. The van der Waals surface area contributed by atoms with E-state index >= 15 is 0 Å². The van der Waals surface area contributed by atoms with Crippen LogP contribution in [0.25, 0.3) is 0 Å². The Labute approximate surface area is 128 Å². The van der Waals surface area contributed by atoms with E-state index in [4.69, 9.17) is 0 Å². The predicted molar refractivity (Wildman–Crippen MR) is 86.4 cm³/mol. The second-order valence-electron chi connectivity index (χ2n) is 3.85. The molecule has 1 N–H and O–H groups in total. The van der Waals surface area contributed by atoms with Gasteiger partial charge in [-0.2, -0.15) is 0 Å². The molecule has 0 bridgehead atoms. The lowest BCUT2D eigenvalue weighted by molar-refractivity contribution is 0.578. The molecule has 0 spiro atoms. The molecule has 1 unspecified atom stereocenters. The van der Waals surface area contributed by atoms with Crippen LogP contribution in [0.15, 0.2) is 40.2 Å². The molecule has 1 aromatic heterocycles. The molecule has 2 aromatic rings. The highest BCUT2D eigenvalue weighted by molar-refractivity contribution is 14.1. The van der Waals surface area contributed by atoms with Crippen molar-refractivity contribution in [3.63, 3.8) is 0 Å². The van der Waals surface area contributed by atoms with E-state index < -0.39 is 0 Å². The predicted octanol–water partition coefficient (Wildman–Crippen LogP) is 4.97. The van der Waals surface area contributed by atoms with Crippen molar-refractivity contribution < 1.29 is 0 Å². The van der Waals surface area contributed by atoms with E-state index in [9.17, 15) is 0 Å². The van der Waals surface area contributed by atoms with E-state index in [1.165, 1.54) is 18.5 Å². The average Bonchev–Trinajstić information content (AvgIpc) is 2.73. The maximum absolute atomic E-state index is 3.55. The molecule has 17 heavy (non-hydrogen) atoms. The summed E-state index contributed by atoms with van der Waals surface area (Å²) in [5.41, 5.74) is 1.33. The summed E-state index contributed by atoms with van der Waals surface area (Å²) >= 11 is 7.66. The first-order valence-electron chi connectivity index (χ1n) is 5.37. The van der Waals surface area contributed by atoms with E-state index in [0.717, 1.165) is 6.54 Å².